The summed E-state index contributed by atoms with van der Waals surface area (Å²) in [5, 5.41) is 17.5. The second kappa shape index (κ2) is 5.33. The van der Waals surface area contributed by atoms with Gasteiger partial charge in [-0.1, -0.05) is 19.1 Å². The van der Waals surface area contributed by atoms with Crippen LogP contribution in [0.1, 0.15) is 30.9 Å². The van der Waals surface area contributed by atoms with E-state index in [2.05, 4.69) is 15.4 Å². The molecule has 0 unspecified atom stereocenters. The van der Waals surface area contributed by atoms with Crippen LogP contribution in [0, 0.1) is 0 Å². The molecular weight excluding hydrogens is 280 g/mol. The largest absolute Gasteiger partial charge is 0.262 e. The zero-order chi connectivity index (χ0) is 14.9. The summed E-state index contributed by atoms with van der Waals surface area (Å²) in [7, 11) is -2.01. The van der Waals surface area contributed by atoms with Crippen molar-refractivity contribution in [3.8, 4) is 0 Å². The molecule has 9 heteroatoms. The van der Waals surface area contributed by atoms with Crippen molar-refractivity contribution in [2.75, 3.05) is 0 Å². The van der Waals surface area contributed by atoms with Crippen LogP contribution in [0.4, 0.5) is 0 Å². The lowest BCUT2D eigenvalue weighted by Gasteiger charge is -2.04. The Hall–Kier alpha value is -1.74. The fraction of sp³-hybridized carbons (Fsp3) is 0.545. The smallest absolute Gasteiger partial charge is 0.241 e. The molecule has 0 aromatic carbocycles. The van der Waals surface area contributed by atoms with Crippen LogP contribution in [0.15, 0.2) is 11.1 Å². The van der Waals surface area contributed by atoms with Crippen LogP contribution in [0.25, 0.3) is 0 Å². The molecule has 0 amide bonds. The Balaban J connectivity index is 2.51. The van der Waals surface area contributed by atoms with E-state index in [9.17, 15) is 8.42 Å². The molecule has 2 heterocycles. The van der Waals surface area contributed by atoms with Crippen LogP contribution in [-0.4, -0.2) is 33.2 Å². The van der Waals surface area contributed by atoms with Crippen molar-refractivity contribution in [3.63, 3.8) is 0 Å². The Kier molecular flexibility index (Phi) is 3.91. The fourth-order valence-corrected chi connectivity index (χ4v) is 3.28. The lowest BCUT2D eigenvalue weighted by molar-refractivity contribution is 0.593. The van der Waals surface area contributed by atoms with Gasteiger partial charge in [-0.3, -0.25) is 9.36 Å². The van der Waals surface area contributed by atoms with Crippen LogP contribution in [0.2, 0.25) is 0 Å². The average molecular weight is 298 g/mol. The summed E-state index contributed by atoms with van der Waals surface area (Å²) in [4.78, 5) is 0.145. The third-order valence-corrected chi connectivity index (χ3v) is 4.03. The Morgan fingerprint density at radius 1 is 1.30 bits per heavy atom. The number of hydrogen-bond donors (Lipinski definition) is 1. The Morgan fingerprint density at radius 2 is 2.00 bits per heavy atom. The number of sulfonamides is 1. The SMILES string of the molecule is CCc1nn(Cc2cn(C)nn2)c(CC)c1S(N)(=O)=O. The van der Waals surface area contributed by atoms with Gasteiger partial charge in [-0.25, -0.2) is 13.6 Å². The Morgan fingerprint density at radius 3 is 2.45 bits per heavy atom. The van der Waals surface area contributed by atoms with E-state index in [1.54, 1.807) is 22.6 Å². The molecule has 0 aliphatic rings. The van der Waals surface area contributed by atoms with E-state index >= 15 is 0 Å². The van der Waals surface area contributed by atoms with Gasteiger partial charge in [0.25, 0.3) is 0 Å². The van der Waals surface area contributed by atoms with Crippen molar-refractivity contribution >= 4 is 10.0 Å². The second-order valence-corrected chi connectivity index (χ2v) is 6.01. The summed E-state index contributed by atoms with van der Waals surface area (Å²) in [6.45, 7) is 4.10. The molecule has 2 rings (SSSR count). The highest BCUT2D eigenvalue weighted by atomic mass is 32.2. The van der Waals surface area contributed by atoms with Gasteiger partial charge in [-0.05, 0) is 12.8 Å². The third kappa shape index (κ3) is 2.73. The minimum absolute atomic E-state index is 0.145. The van der Waals surface area contributed by atoms with Crippen molar-refractivity contribution in [3.05, 3.63) is 23.3 Å². The first-order valence-electron chi connectivity index (χ1n) is 6.33. The predicted molar refractivity (Wildman–Crippen MR) is 72.5 cm³/mol. The van der Waals surface area contributed by atoms with E-state index in [1.807, 2.05) is 13.8 Å². The minimum Gasteiger partial charge on any atom is -0.262 e. The maximum absolute atomic E-state index is 11.8. The molecular formula is C11H18N6O2S. The summed E-state index contributed by atoms with van der Waals surface area (Å²) in [6.07, 6.45) is 2.80. The first-order chi connectivity index (χ1) is 9.36. The van der Waals surface area contributed by atoms with Gasteiger partial charge in [0.2, 0.25) is 10.0 Å². The molecule has 0 spiro atoms. The molecule has 8 nitrogen and oxygen atoms in total. The second-order valence-electron chi connectivity index (χ2n) is 4.52. The zero-order valence-corrected chi connectivity index (χ0v) is 12.6. The van der Waals surface area contributed by atoms with Gasteiger partial charge in [0.15, 0.2) is 0 Å². The number of primary sulfonamides is 1. The fourth-order valence-electron chi connectivity index (χ4n) is 2.19. The highest BCUT2D eigenvalue weighted by Gasteiger charge is 2.24. The number of aromatic nitrogens is 5. The zero-order valence-electron chi connectivity index (χ0n) is 11.7. The van der Waals surface area contributed by atoms with Crippen LogP contribution in [0.3, 0.4) is 0 Å². The lowest BCUT2D eigenvalue weighted by Crippen LogP contribution is -2.16. The molecule has 110 valence electrons. The molecule has 2 aromatic rings. The third-order valence-electron chi connectivity index (χ3n) is 2.99. The molecule has 0 bridgehead atoms. The molecule has 0 atom stereocenters. The normalized spacial score (nSPS) is 12.0. The summed E-state index contributed by atoms with van der Waals surface area (Å²) in [6, 6.07) is 0. The van der Waals surface area contributed by atoms with E-state index in [0.717, 1.165) is 0 Å². The van der Waals surface area contributed by atoms with Gasteiger partial charge in [0, 0.05) is 13.2 Å². The van der Waals surface area contributed by atoms with Gasteiger partial charge < -0.3 is 0 Å². The molecule has 0 saturated heterocycles. The summed E-state index contributed by atoms with van der Waals surface area (Å²) in [5.41, 5.74) is 1.82. The number of rotatable bonds is 5. The number of aryl methyl sites for hydroxylation is 2. The van der Waals surface area contributed by atoms with E-state index in [1.165, 1.54) is 0 Å². The van der Waals surface area contributed by atoms with Gasteiger partial charge in [-0.15, -0.1) is 5.10 Å². The van der Waals surface area contributed by atoms with Gasteiger partial charge in [-0.2, -0.15) is 5.10 Å². The first-order valence-corrected chi connectivity index (χ1v) is 7.88. The van der Waals surface area contributed by atoms with Gasteiger partial charge >= 0.3 is 0 Å². The summed E-state index contributed by atoms with van der Waals surface area (Å²) < 4.78 is 26.7. The standard InChI is InChI=1S/C11H18N6O2S/c1-4-9-11(20(12,18)19)10(5-2)17(14-9)7-8-6-16(3)15-13-8/h6H,4-5,7H2,1-3H3,(H2,12,18,19). The van der Waals surface area contributed by atoms with E-state index < -0.39 is 10.0 Å². The lowest BCUT2D eigenvalue weighted by atomic mass is 10.2. The monoisotopic (exact) mass is 298 g/mol. The number of nitrogens with two attached hydrogens (primary N) is 1. The van der Waals surface area contributed by atoms with Crippen LogP contribution in [0.5, 0.6) is 0 Å². The minimum atomic E-state index is -3.78. The van der Waals surface area contributed by atoms with Crippen molar-refractivity contribution in [1.29, 1.82) is 0 Å². The Bertz CT molecular complexity index is 715. The van der Waals surface area contributed by atoms with Crippen molar-refractivity contribution in [1.82, 2.24) is 24.8 Å². The van der Waals surface area contributed by atoms with Crippen molar-refractivity contribution in [2.24, 2.45) is 12.2 Å². The molecule has 0 aliphatic carbocycles. The molecule has 0 radical (unpaired) electrons. The molecule has 0 fully saturated rings. The highest BCUT2D eigenvalue weighted by molar-refractivity contribution is 7.89. The molecule has 2 N–H and O–H groups in total. The quantitative estimate of drug-likeness (QED) is 0.824. The van der Waals surface area contributed by atoms with Crippen LogP contribution in [-0.2, 0) is 36.5 Å². The molecule has 0 aliphatic heterocycles. The molecule has 0 saturated carbocycles. The summed E-state index contributed by atoms with van der Waals surface area (Å²) >= 11 is 0. The van der Waals surface area contributed by atoms with Crippen molar-refractivity contribution in [2.45, 2.75) is 38.1 Å². The molecule has 20 heavy (non-hydrogen) atoms. The number of hydrogen-bond acceptors (Lipinski definition) is 5. The van der Waals surface area contributed by atoms with Crippen LogP contribution >= 0.6 is 0 Å². The van der Waals surface area contributed by atoms with E-state index in [4.69, 9.17) is 5.14 Å². The Labute approximate surface area is 117 Å². The number of nitrogens with zero attached hydrogens (tertiary/aromatic N) is 5. The van der Waals surface area contributed by atoms with Crippen LogP contribution < -0.4 is 5.14 Å². The highest BCUT2D eigenvalue weighted by Crippen LogP contribution is 2.21. The van der Waals surface area contributed by atoms with Gasteiger partial charge in [0.1, 0.15) is 10.6 Å². The van der Waals surface area contributed by atoms with Crippen molar-refractivity contribution < 1.29 is 8.42 Å². The maximum atomic E-state index is 11.8. The summed E-state index contributed by atoms with van der Waals surface area (Å²) in [5.74, 6) is 0. The predicted octanol–water partition coefficient (Wildman–Crippen LogP) is -0.168. The van der Waals surface area contributed by atoms with E-state index in [-0.39, 0.29) is 4.90 Å². The first kappa shape index (κ1) is 14.7. The average Bonchev–Trinajstić information content (AvgIpc) is 2.92. The maximum Gasteiger partial charge on any atom is 0.241 e. The van der Waals surface area contributed by atoms with E-state index in [0.29, 0.717) is 36.5 Å². The van der Waals surface area contributed by atoms with Gasteiger partial charge in [0.05, 0.1) is 17.9 Å². The topological polar surface area (TPSA) is 109 Å². The molecule has 2 aromatic heterocycles.